The molecule has 1 aromatic heterocycles. The molecule has 1 aliphatic heterocycles. The summed E-state index contributed by atoms with van der Waals surface area (Å²) in [6.45, 7) is 2.36. The fourth-order valence-corrected chi connectivity index (χ4v) is 2.73. The predicted molar refractivity (Wildman–Crippen MR) is 80.6 cm³/mol. The van der Waals surface area contributed by atoms with Crippen LogP contribution in [0.3, 0.4) is 0 Å². The van der Waals surface area contributed by atoms with E-state index in [1.807, 2.05) is 0 Å². The Morgan fingerprint density at radius 1 is 1.43 bits per heavy atom. The molecule has 1 amide bonds. The van der Waals surface area contributed by atoms with Gasteiger partial charge in [-0.05, 0) is 25.3 Å². The highest BCUT2D eigenvalue weighted by atomic mass is 16.1. The fourth-order valence-electron chi connectivity index (χ4n) is 2.73. The van der Waals surface area contributed by atoms with E-state index < -0.39 is 0 Å². The van der Waals surface area contributed by atoms with Crippen LogP contribution < -0.4 is 11.1 Å². The van der Waals surface area contributed by atoms with Gasteiger partial charge in [-0.2, -0.15) is 0 Å². The highest BCUT2D eigenvalue weighted by Gasteiger charge is 2.34. The lowest BCUT2D eigenvalue weighted by Crippen LogP contribution is -2.37. The Bertz CT molecular complexity index is 585. The second-order valence-corrected chi connectivity index (χ2v) is 5.65. The quantitative estimate of drug-likeness (QED) is 0.786. The Morgan fingerprint density at radius 3 is 3.05 bits per heavy atom. The van der Waals surface area contributed by atoms with Crippen LogP contribution in [0.15, 0.2) is 18.5 Å². The third kappa shape index (κ3) is 3.60. The van der Waals surface area contributed by atoms with Gasteiger partial charge in [0.25, 0.3) is 5.91 Å². The van der Waals surface area contributed by atoms with E-state index in [2.05, 4.69) is 27.0 Å². The van der Waals surface area contributed by atoms with Gasteiger partial charge in [-0.3, -0.25) is 14.7 Å². The van der Waals surface area contributed by atoms with Gasteiger partial charge in [0.2, 0.25) is 0 Å². The van der Waals surface area contributed by atoms with E-state index in [0.29, 0.717) is 12.1 Å². The predicted octanol–water partition coefficient (Wildman–Crippen LogP) is 0.358. The molecule has 3 rings (SSSR count). The van der Waals surface area contributed by atoms with Crippen LogP contribution in [0.2, 0.25) is 0 Å². The minimum atomic E-state index is -0.0680. The summed E-state index contributed by atoms with van der Waals surface area (Å²) < 4.78 is 0. The first-order chi connectivity index (χ1) is 10.3. The SMILES string of the molecule is NCC#Cc1cncc(C(=O)NC2CCN(C3CC3)C2)c1. The van der Waals surface area contributed by atoms with Crippen LogP contribution in [0.4, 0.5) is 0 Å². The molecule has 1 aliphatic carbocycles. The van der Waals surface area contributed by atoms with E-state index in [4.69, 9.17) is 5.73 Å². The van der Waals surface area contributed by atoms with Gasteiger partial charge < -0.3 is 11.1 Å². The number of carbonyl (C=O) groups is 1. The summed E-state index contributed by atoms with van der Waals surface area (Å²) in [5, 5.41) is 3.10. The lowest BCUT2D eigenvalue weighted by Gasteiger charge is -2.15. The van der Waals surface area contributed by atoms with E-state index in [-0.39, 0.29) is 11.9 Å². The molecule has 0 bridgehead atoms. The summed E-state index contributed by atoms with van der Waals surface area (Å²) in [5.41, 5.74) is 6.63. The molecule has 1 saturated heterocycles. The number of amides is 1. The first-order valence-corrected chi connectivity index (χ1v) is 7.45. The molecule has 1 saturated carbocycles. The van der Waals surface area contributed by atoms with Crippen molar-refractivity contribution in [3.63, 3.8) is 0 Å². The normalized spacial score (nSPS) is 21.7. The van der Waals surface area contributed by atoms with E-state index in [9.17, 15) is 4.79 Å². The number of rotatable bonds is 3. The Morgan fingerprint density at radius 2 is 2.29 bits per heavy atom. The van der Waals surface area contributed by atoms with Crippen molar-refractivity contribution < 1.29 is 4.79 Å². The van der Waals surface area contributed by atoms with Gasteiger partial charge in [-0.1, -0.05) is 11.8 Å². The third-order valence-corrected chi connectivity index (χ3v) is 3.95. The van der Waals surface area contributed by atoms with Gasteiger partial charge in [0.1, 0.15) is 0 Å². The maximum Gasteiger partial charge on any atom is 0.253 e. The van der Waals surface area contributed by atoms with E-state index in [1.165, 1.54) is 12.8 Å². The molecule has 110 valence electrons. The van der Waals surface area contributed by atoms with Gasteiger partial charge in [0, 0.05) is 43.1 Å². The van der Waals surface area contributed by atoms with Crippen LogP contribution in [-0.4, -0.2) is 47.5 Å². The number of hydrogen-bond acceptors (Lipinski definition) is 4. The van der Waals surface area contributed by atoms with Gasteiger partial charge in [0.15, 0.2) is 0 Å². The summed E-state index contributed by atoms with van der Waals surface area (Å²) >= 11 is 0. The van der Waals surface area contributed by atoms with E-state index in [0.717, 1.165) is 31.1 Å². The summed E-state index contributed by atoms with van der Waals surface area (Å²) in [7, 11) is 0. The zero-order valence-corrected chi connectivity index (χ0v) is 12.0. The summed E-state index contributed by atoms with van der Waals surface area (Å²) in [4.78, 5) is 18.8. The number of nitrogens with one attached hydrogen (secondary N) is 1. The average molecular weight is 284 g/mol. The van der Waals surface area contributed by atoms with Crippen LogP contribution in [0.1, 0.15) is 35.2 Å². The first kappa shape index (κ1) is 14.1. The minimum Gasteiger partial charge on any atom is -0.348 e. The van der Waals surface area contributed by atoms with Crippen molar-refractivity contribution >= 4 is 5.91 Å². The molecule has 1 aromatic rings. The molecule has 0 radical (unpaired) electrons. The lowest BCUT2D eigenvalue weighted by atomic mass is 10.2. The second-order valence-electron chi connectivity index (χ2n) is 5.65. The highest BCUT2D eigenvalue weighted by molar-refractivity contribution is 5.94. The zero-order chi connectivity index (χ0) is 14.7. The monoisotopic (exact) mass is 284 g/mol. The smallest absolute Gasteiger partial charge is 0.253 e. The largest absolute Gasteiger partial charge is 0.348 e. The molecular weight excluding hydrogens is 264 g/mol. The number of nitrogens with two attached hydrogens (primary N) is 1. The molecular formula is C16H20N4O. The number of pyridine rings is 1. The van der Waals surface area contributed by atoms with Crippen molar-refractivity contribution in [1.29, 1.82) is 0 Å². The van der Waals surface area contributed by atoms with Crippen LogP contribution in [0, 0.1) is 11.8 Å². The standard InChI is InChI=1S/C16H20N4O/c17-6-1-2-12-8-13(10-18-9-12)16(21)19-14-5-7-20(11-14)15-3-4-15/h8-10,14-15H,3-7,11,17H2,(H,19,21). The van der Waals surface area contributed by atoms with E-state index in [1.54, 1.807) is 18.5 Å². The summed E-state index contributed by atoms with van der Waals surface area (Å²) in [5.74, 6) is 5.60. The Labute approximate surface area is 124 Å². The number of aromatic nitrogens is 1. The minimum absolute atomic E-state index is 0.0680. The van der Waals surface area contributed by atoms with Crippen molar-refractivity contribution in [1.82, 2.24) is 15.2 Å². The molecule has 0 aromatic carbocycles. The topological polar surface area (TPSA) is 71.2 Å². The van der Waals surface area contributed by atoms with Crippen molar-refractivity contribution in [3.05, 3.63) is 29.6 Å². The molecule has 5 nitrogen and oxygen atoms in total. The van der Waals surface area contributed by atoms with Gasteiger partial charge in [-0.25, -0.2) is 0 Å². The number of nitrogens with zero attached hydrogens (tertiary/aromatic N) is 2. The number of likely N-dealkylation sites (tertiary alicyclic amines) is 1. The number of hydrogen-bond donors (Lipinski definition) is 2. The van der Waals surface area contributed by atoms with Crippen LogP contribution >= 0.6 is 0 Å². The number of carbonyl (C=O) groups excluding carboxylic acids is 1. The fraction of sp³-hybridized carbons (Fsp3) is 0.500. The molecule has 2 heterocycles. The molecule has 1 atom stereocenters. The maximum absolute atomic E-state index is 12.3. The molecule has 5 heteroatoms. The Balaban J connectivity index is 1.60. The van der Waals surface area contributed by atoms with Gasteiger partial charge in [-0.15, -0.1) is 0 Å². The van der Waals surface area contributed by atoms with Crippen LogP contribution in [0.5, 0.6) is 0 Å². The third-order valence-electron chi connectivity index (χ3n) is 3.95. The van der Waals surface area contributed by atoms with Gasteiger partial charge in [0.05, 0.1) is 12.1 Å². The molecule has 1 unspecified atom stereocenters. The molecule has 21 heavy (non-hydrogen) atoms. The second kappa shape index (κ2) is 6.25. The van der Waals surface area contributed by atoms with Crippen LogP contribution in [-0.2, 0) is 0 Å². The van der Waals surface area contributed by atoms with Crippen molar-refractivity contribution in [2.45, 2.75) is 31.3 Å². The Kier molecular flexibility index (Phi) is 4.18. The van der Waals surface area contributed by atoms with Crippen molar-refractivity contribution in [3.8, 4) is 11.8 Å². The van der Waals surface area contributed by atoms with E-state index >= 15 is 0 Å². The van der Waals surface area contributed by atoms with Crippen molar-refractivity contribution in [2.24, 2.45) is 5.73 Å². The zero-order valence-electron chi connectivity index (χ0n) is 12.0. The van der Waals surface area contributed by atoms with Crippen molar-refractivity contribution in [2.75, 3.05) is 19.6 Å². The molecule has 2 fully saturated rings. The molecule has 3 N–H and O–H groups in total. The average Bonchev–Trinajstić information content (AvgIpc) is 3.26. The summed E-state index contributed by atoms with van der Waals surface area (Å²) in [6.07, 6.45) is 6.88. The highest BCUT2D eigenvalue weighted by Crippen LogP contribution is 2.29. The first-order valence-electron chi connectivity index (χ1n) is 7.45. The maximum atomic E-state index is 12.3. The van der Waals surface area contributed by atoms with Gasteiger partial charge >= 0.3 is 0 Å². The lowest BCUT2D eigenvalue weighted by molar-refractivity contribution is 0.0937. The van der Waals surface area contributed by atoms with Crippen LogP contribution in [0.25, 0.3) is 0 Å². The Hall–Kier alpha value is -1.90. The molecule has 0 spiro atoms. The summed E-state index contributed by atoms with van der Waals surface area (Å²) in [6, 6.07) is 2.78. The molecule has 2 aliphatic rings.